The third-order valence-corrected chi connectivity index (χ3v) is 2.01. The fourth-order valence-corrected chi connectivity index (χ4v) is 1.24. The second-order valence-corrected chi connectivity index (χ2v) is 3.20. The van der Waals surface area contributed by atoms with Crippen molar-refractivity contribution < 1.29 is 0 Å². The maximum atomic E-state index is 5.16. The van der Waals surface area contributed by atoms with E-state index in [0.717, 1.165) is 18.7 Å². The van der Waals surface area contributed by atoms with Crippen LogP contribution >= 0.6 is 11.5 Å². The van der Waals surface area contributed by atoms with E-state index in [-0.39, 0.29) is 0 Å². The molecule has 1 N–H and O–H groups in total. The highest BCUT2D eigenvalue weighted by molar-refractivity contribution is 7.03. The monoisotopic (exact) mass is 181 g/mol. The van der Waals surface area contributed by atoms with Crippen molar-refractivity contribution in [2.75, 3.05) is 0 Å². The molecule has 0 aliphatic heterocycles. The minimum Gasteiger partial charge on any atom is -0.308 e. The Labute approximate surface area is 76.4 Å². The summed E-state index contributed by atoms with van der Waals surface area (Å²) < 4.78 is 3.76. The maximum absolute atomic E-state index is 5.16. The molecule has 1 unspecified atom stereocenters. The third kappa shape index (κ3) is 2.99. The Hall–Kier alpha value is -0.920. The number of nitrogens with one attached hydrogen (secondary N) is 1. The van der Waals surface area contributed by atoms with Gasteiger partial charge in [-0.1, -0.05) is 4.49 Å². The van der Waals surface area contributed by atoms with Gasteiger partial charge in [-0.05, 0) is 18.5 Å². The van der Waals surface area contributed by atoms with Crippen LogP contribution in [0.5, 0.6) is 0 Å². The number of terminal acetylenes is 1. The average molecular weight is 181 g/mol. The third-order valence-electron chi connectivity index (χ3n) is 1.46. The zero-order valence-electron chi connectivity index (χ0n) is 6.95. The van der Waals surface area contributed by atoms with E-state index >= 15 is 0 Å². The van der Waals surface area contributed by atoms with Gasteiger partial charge >= 0.3 is 0 Å². The summed E-state index contributed by atoms with van der Waals surface area (Å²) in [6.07, 6.45) is 5.91. The van der Waals surface area contributed by atoms with Crippen LogP contribution in [-0.2, 0) is 6.54 Å². The van der Waals surface area contributed by atoms with Gasteiger partial charge < -0.3 is 5.32 Å². The molecule has 0 bridgehead atoms. The molecule has 1 aromatic rings. The predicted molar refractivity (Wildman–Crippen MR) is 49.7 cm³/mol. The molecule has 1 atom stereocenters. The predicted octanol–water partition coefficient (Wildman–Crippen LogP) is 1.04. The van der Waals surface area contributed by atoms with Gasteiger partial charge in [0.25, 0.3) is 0 Å². The number of nitrogens with zero attached hydrogens (tertiary/aromatic N) is 2. The normalized spacial score (nSPS) is 12.3. The van der Waals surface area contributed by atoms with E-state index in [0.29, 0.717) is 6.04 Å². The molecule has 1 heterocycles. The topological polar surface area (TPSA) is 37.8 Å². The molecule has 4 heteroatoms. The van der Waals surface area contributed by atoms with Gasteiger partial charge in [-0.3, -0.25) is 0 Å². The molecular formula is C8H11N3S. The fraction of sp³-hybridized carbons (Fsp3) is 0.500. The van der Waals surface area contributed by atoms with E-state index in [1.54, 1.807) is 0 Å². The first-order valence-electron chi connectivity index (χ1n) is 3.75. The first-order valence-corrected chi connectivity index (χ1v) is 4.59. The van der Waals surface area contributed by atoms with E-state index in [4.69, 9.17) is 6.42 Å². The Morgan fingerprint density at radius 2 is 2.67 bits per heavy atom. The van der Waals surface area contributed by atoms with Gasteiger partial charge in [0.1, 0.15) is 0 Å². The summed E-state index contributed by atoms with van der Waals surface area (Å²) in [5.74, 6) is 2.60. The minimum atomic E-state index is 0.344. The van der Waals surface area contributed by atoms with Crippen molar-refractivity contribution in [1.29, 1.82) is 0 Å². The molecule has 0 spiro atoms. The summed E-state index contributed by atoms with van der Waals surface area (Å²) in [6, 6.07) is 0.344. The lowest BCUT2D eigenvalue weighted by molar-refractivity contribution is 0.553. The van der Waals surface area contributed by atoms with Gasteiger partial charge in [0.15, 0.2) is 0 Å². The lowest BCUT2D eigenvalue weighted by atomic mass is 10.2. The van der Waals surface area contributed by atoms with Gasteiger partial charge in [0.05, 0.1) is 5.69 Å². The Balaban J connectivity index is 2.23. The van der Waals surface area contributed by atoms with Crippen LogP contribution in [0.15, 0.2) is 5.38 Å². The van der Waals surface area contributed by atoms with Crippen molar-refractivity contribution in [1.82, 2.24) is 14.9 Å². The van der Waals surface area contributed by atoms with Crippen molar-refractivity contribution in [3.63, 3.8) is 0 Å². The highest BCUT2D eigenvalue weighted by atomic mass is 32.1. The number of aromatic nitrogens is 2. The van der Waals surface area contributed by atoms with E-state index in [9.17, 15) is 0 Å². The molecule has 0 amide bonds. The summed E-state index contributed by atoms with van der Waals surface area (Å²) in [7, 11) is 0. The molecule has 0 saturated heterocycles. The molecular weight excluding hydrogens is 170 g/mol. The quantitative estimate of drug-likeness (QED) is 0.705. The second kappa shape index (κ2) is 4.86. The molecule has 0 aliphatic rings. The summed E-state index contributed by atoms with van der Waals surface area (Å²) >= 11 is 1.36. The van der Waals surface area contributed by atoms with E-state index < -0.39 is 0 Å². The zero-order valence-corrected chi connectivity index (χ0v) is 7.77. The molecule has 64 valence electrons. The van der Waals surface area contributed by atoms with Crippen LogP contribution in [0.4, 0.5) is 0 Å². The van der Waals surface area contributed by atoms with E-state index in [1.165, 1.54) is 11.5 Å². The Kier molecular flexibility index (Phi) is 3.71. The van der Waals surface area contributed by atoms with Crippen LogP contribution in [0.1, 0.15) is 19.0 Å². The van der Waals surface area contributed by atoms with Gasteiger partial charge in [-0.25, -0.2) is 0 Å². The summed E-state index contributed by atoms with van der Waals surface area (Å²) in [6.45, 7) is 2.80. The van der Waals surface area contributed by atoms with Crippen LogP contribution in [0, 0.1) is 12.3 Å². The van der Waals surface area contributed by atoms with Gasteiger partial charge in [-0.2, -0.15) is 0 Å². The maximum Gasteiger partial charge on any atom is 0.0893 e. The van der Waals surface area contributed by atoms with E-state index in [2.05, 4.69) is 27.7 Å². The molecule has 3 nitrogen and oxygen atoms in total. The van der Waals surface area contributed by atoms with Crippen molar-refractivity contribution in [3.05, 3.63) is 11.1 Å². The SMILES string of the molecule is C#CCC(C)NCc1csnn1. The molecule has 12 heavy (non-hydrogen) atoms. The van der Waals surface area contributed by atoms with Crippen molar-refractivity contribution in [3.8, 4) is 12.3 Å². The number of rotatable bonds is 4. The summed E-state index contributed by atoms with van der Waals surface area (Å²) in [5, 5.41) is 9.08. The van der Waals surface area contributed by atoms with Crippen LogP contribution < -0.4 is 5.32 Å². The minimum absolute atomic E-state index is 0.344. The Bertz CT molecular complexity index is 250. The first kappa shape index (κ1) is 9.17. The molecule has 1 aromatic heterocycles. The molecule has 0 aliphatic carbocycles. The van der Waals surface area contributed by atoms with Crippen molar-refractivity contribution in [2.24, 2.45) is 0 Å². The summed E-state index contributed by atoms with van der Waals surface area (Å²) in [4.78, 5) is 0. The lowest BCUT2D eigenvalue weighted by Crippen LogP contribution is -2.24. The second-order valence-electron chi connectivity index (χ2n) is 2.59. The molecule has 1 rings (SSSR count). The molecule has 0 aromatic carbocycles. The molecule has 0 fully saturated rings. The fourth-order valence-electron chi connectivity index (χ4n) is 0.789. The first-order chi connectivity index (χ1) is 5.83. The lowest BCUT2D eigenvalue weighted by Gasteiger charge is -2.07. The smallest absolute Gasteiger partial charge is 0.0893 e. The van der Waals surface area contributed by atoms with Crippen LogP contribution in [0.3, 0.4) is 0 Å². The number of hydrogen-bond acceptors (Lipinski definition) is 4. The Morgan fingerprint density at radius 3 is 3.25 bits per heavy atom. The van der Waals surface area contributed by atoms with Crippen LogP contribution in [-0.4, -0.2) is 15.6 Å². The zero-order chi connectivity index (χ0) is 8.81. The van der Waals surface area contributed by atoms with Gasteiger partial charge in [0, 0.05) is 24.4 Å². The van der Waals surface area contributed by atoms with E-state index in [1.807, 2.05) is 5.38 Å². The largest absolute Gasteiger partial charge is 0.308 e. The van der Waals surface area contributed by atoms with Gasteiger partial charge in [-0.15, -0.1) is 17.4 Å². The number of hydrogen-bond donors (Lipinski definition) is 1. The van der Waals surface area contributed by atoms with Crippen LogP contribution in [0.2, 0.25) is 0 Å². The standard InChI is InChI=1S/C8H11N3S/c1-3-4-7(2)9-5-8-6-12-11-10-8/h1,6-7,9H,4-5H2,2H3. The molecule has 0 radical (unpaired) electrons. The van der Waals surface area contributed by atoms with Crippen molar-refractivity contribution in [2.45, 2.75) is 25.9 Å². The van der Waals surface area contributed by atoms with Gasteiger partial charge in [0.2, 0.25) is 0 Å². The average Bonchev–Trinajstić information content (AvgIpc) is 2.53. The van der Waals surface area contributed by atoms with Crippen LogP contribution in [0.25, 0.3) is 0 Å². The van der Waals surface area contributed by atoms with Crippen molar-refractivity contribution >= 4 is 11.5 Å². The highest BCUT2D eigenvalue weighted by Crippen LogP contribution is 1.97. The Morgan fingerprint density at radius 1 is 1.83 bits per heavy atom. The molecule has 0 saturated carbocycles. The highest BCUT2D eigenvalue weighted by Gasteiger charge is 2.00. The summed E-state index contributed by atoms with van der Waals surface area (Å²) in [5.41, 5.74) is 0.976.